The molecule has 0 bridgehead atoms. The summed E-state index contributed by atoms with van der Waals surface area (Å²) >= 11 is 0. The molecule has 0 fully saturated rings. The number of hydrogen-bond donors (Lipinski definition) is 2. The Kier molecular flexibility index (Phi) is 6.69. The number of benzene rings is 1. The average Bonchev–Trinajstić information content (AvgIpc) is 2.66. The Morgan fingerprint density at radius 3 is 2.28 bits per heavy atom. The molecule has 0 radical (unpaired) electrons. The van der Waals surface area contributed by atoms with E-state index < -0.39 is 6.04 Å². The SMILES string of the molecule is CCC(C)C(NC(=O)c1ccccc1)C(=O)NC(C)c1ccccn1. The number of nitrogens with one attached hydrogen (secondary N) is 2. The number of nitrogens with zero attached hydrogens (tertiary/aromatic N) is 1. The van der Waals surface area contributed by atoms with Gasteiger partial charge in [-0.2, -0.15) is 0 Å². The molecule has 3 atom stereocenters. The van der Waals surface area contributed by atoms with Crippen molar-refractivity contribution in [2.24, 2.45) is 5.92 Å². The zero-order chi connectivity index (χ0) is 18.2. The molecule has 0 saturated heterocycles. The molecule has 25 heavy (non-hydrogen) atoms. The predicted octanol–water partition coefficient (Wildman–Crippen LogP) is 3.10. The Bertz CT molecular complexity index is 689. The Morgan fingerprint density at radius 2 is 1.68 bits per heavy atom. The molecule has 2 N–H and O–H groups in total. The summed E-state index contributed by atoms with van der Waals surface area (Å²) in [4.78, 5) is 29.4. The molecular weight excluding hydrogens is 314 g/mol. The lowest BCUT2D eigenvalue weighted by Gasteiger charge is -2.25. The molecule has 5 nitrogen and oxygen atoms in total. The second-order valence-electron chi connectivity index (χ2n) is 6.19. The van der Waals surface area contributed by atoms with E-state index in [0.717, 1.165) is 12.1 Å². The van der Waals surface area contributed by atoms with Gasteiger partial charge in [-0.3, -0.25) is 14.6 Å². The van der Waals surface area contributed by atoms with Gasteiger partial charge in [0.05, 0.1) is 11.7 Å². The zero-order valence-corrected chi connectivity index (χ0v) is 14.9. The summed E-state index contributed by atoms with van der Waals surface area (Å²) < 4.78 is 0. The van der Waals surface area contributed by atoms with Crippen molar-refractivity contribution in [2.75, 3.05) is 0 Å². The van der Waals surface area contributed by atoms with Crippen molar-refractivity contribution in [1.82, 2.24) is 15.6 Å². The van der Waals surface area contributed by atoms with Crippen LogP contribution in [0, 0.1) is 5.92 Å². The molecule has 0 saturated carbocycles. The fourth-order valence-corrected chi connectivity index (χ4v) is 2.53. The molecule has 0 aliphatic rings. The minimum atomic E-state index is -0.594. The molecule has 3 unspecified atom stereocenters. The van der Waals surface area contributed by atoms with Crippen molar-refractivity contribution in [2.45, 2.75) is 39.3 Å². The molecule has 0 aliphatic heterocycles. The number of carbonyl (C=O) groups is 2. The lowest BCUT2D eigenvalue weighted by molar-refractivity contribution is -0.124. The van der Waals surface area contributed by atoms with Gasteiger partial charge in [0.2, 0.25) is 5.91 Å². The predicted molar refractivity (Wildman–Crippen MR) is 97.9 cm³/mol. The van der Waals surface area contributed by atoms with Gasteiger partial charge in [0.25, 0.3) is 5.91 Å². The highest BCUT2D eigenvalue weighted by atomic mass is 16.2. The fourth-order valence-electron chi connectivity index (χ4n) is 2.53. The highest BCUT2D eigenvalue weighted by molar-refractivity contribution is 5.97. The van der Waals surface area contributed by atoms with E-state index >= 15 is 0 Å². The van der Waals surface area contributed by atoms with E-state index in [1.54, 1.807) is 30.5 Å². The minimum Gasteiger partial charge on any atom is -0.346 e. The summed E-state index contributed by atoms with van der Waals surface area (Å²) in [5, 5.41) is 5.82. The van der Waals surface area contributed by atoms with E-state index in [-0.39, 0.29) is 23.8 Å². The molecule has 1 aromatic heterocycles. The maximum absolute atomic E-state index is 12.7. The molecule has 2 amide bonds. The van der Waals surface area contributed by atoms with Gasteiger partial charge in [0, 0.05) is 11.8 Å². The summed E-state index contributed by atoms with van der Waals surface area (Å²) in [6.45, 7) is 5.84. The van der Waals surface area contributed by atoms with E-state index in [4.69, 9.17) is 0 Å². The first-order valence-corrected chi connectivity index (χ1v) is 8.60. The fraction of sp³-hybridized carbons (Fsp3) is 0.350. The van der Waals surface area contributed by atoms with Gasteiger partial charge < -0.3 is 10.6 Å². The van der Waals surface area contributed by atoms with Crippen molar-refractivity contribution in [1.29, 1.82) is 0 Å². The van der Waals surface area contributed by atoms with Crippen LogP contribution in [0.2, 0.25) is 0 Å². The number of hydrogen-bond acceptors (Lipinski definition) is 3. The third-order valence-electron chi connectivity index (χ3n) is 4.31. The summed E-state index contributed by atoms with van der Waals surface area (Å²) in [6.07, 6.45) is 2.48. The standard InChI is InChI=1S/C20H25N3O2/c1-4-14(2)18(23-19(24)16-10-6-5-7-11-16)20(25)22-15(3)17-12-8-9-13-21-17/h5-15,18H,4H2,1-3H3,(H,22,25)(H,23,24). The number of aromatic nitrogens is 1. The van der Waals surface area contributed by atoms with E-state index in [2.05, 4.69) is 15.6 Å². The maximum Gasteiger partial charge on any atom is 0.251 e. The van der Waals surface area contributed by atoms with Gasteiger partial charge >= 0.3 is 0 Å². The summed E-state index contributed by atoms with van der Waals surface area (Å²) in [5.74, 6) is -0.424. The Morgan fingerprint density at radius 1 is 1.00 bits per heavy atom. The molecule has 2 rings (SSSR count). The normalized spacial score (nSPS) is 14.2. The second-order valence-corrected chi connectivity index (χ2v) is 6.19. The molecule has 1 heterocycles. The quantitative estimate of drug-likeness (QED) is 0.814. The molecule has 0 spiro atoms. The minimum absolute atomic E-state index is 0.0172. The zero-order valence-electron chi connectivity index (χ0n) is 14.9. The van der Waals surface area contributed by atoms with Crippen LogP contribution in [-0.2, 0) is 4.79 Å². The number of pyridine rings is 1. The van der Waals surface area contributed by atoms with Gasteiger partial charge in [0.15, 0.2) is 0 Å². The van der Waals surface area contributed by atoms with Crippen molar-refractivity contribution in [3.63, 3.8) is 0 Å². The van der Waals surface area contributed by atoms with Crippen LogP contribution in [0.3, 0.4) is 0 Å². The molecule has 1 aromatic carbocycles. The Labute approximate surface area is 148 Å². The van der Waals surface area contributed by atoms with Gasteiger partial charge in [0.1, 0.15) is 6.04 Å². The topological polar surface area (TPSA) is 71.1 Å². The maximum atomic E-state index is 12.7. The first kappa shape index (κ1) is 18.6. The van der Waals surface area contributed by atoms with E-state index in [1.807, 2.05) is 45.0 Å². The van der Waals surface area contributed by atoms with Gasteiger partial charge in [-0.15, -0.1) is 0 Å². The van der Waals surface area contributed by atoms with Crippen molar-refractivity contribution < 1.29 is 9.59 Å². The number of amides is 2. The van der Waals surface area contributed by atoms with E-state index in [9.17, 15) is 9.59 Å². The molecule has 132 valence electrons. The van der Waals surface area contributed by atoms with Crippen LogP contribution >= 0.6 is 0 Å². The molecular formula is C20H25N3O2. The van der Waals surface area contributed by atoms with Gasteiger partial charge in [-0.1, -0.05) is 44.5 Å². The van der Waals surface area contributed by atoms with Crippen LogP contribution in [0.4, 0.5) is 0 Å². The molecule has 2 aromatic rings. The van der Waals surface area contributed by atoms with Crippen LogP contribution in [0.1, 0.15) is 49.3 Å². The third kappa shape index (κ3) is 5.14. The van der Waals surface area contributed by atoms with Crippen LogP contribution in [0.5, 0.6) is 0 Å². The number of carbonyl (C=O) groups excluding carboxylic acids is 2. The average molecular weight is 339 g/mol. The van der Waals surface area contributed by atoms with E-state index in [1.165, 1.54) is 0 Å². The van der Waals surface area contributed by atoms with Crippen LogP contribution < -0.4 is 10.6 Å². The highest BCUT2D eigenvalue weighted by Gasteiger charge is 2.27. The van der Waals surface area contributed by atoms with Crippen molar-refractivity contribution in [3.8, 4) is 0 Å². The highest BCUT2D eigenvalue weighted by Crippen LogP contribution is 2.13. The first-order valence-electron chi connectivity index (χ1n) is 8.60. The summed E-state index contributed by atoms with van der Waals surface area (Å²) in [7, 11) is 0. The van der Waals surface area contributed by atoms with Crippen LogP contribution in [-0.4, -0.2) is 22.8 Å². The first-order chi connectivity index (χ1) is 12.0. The lowest BCUT2D eigenvalue weighted by atomic mass is 9.97. The second kappa shape index (κ2) is 8.97. The smallest absolute Gasteiger partial charge is 0.251 e. The summed E-state index contributed by atoms with van der Waals surface area (Å²) in [6, 6.07) is 13.7. The largest absolute Gasteiger partial charge is 0.346 e. The third-order valence-corrected chi connectivity index (χ3v) is 4.31. The van der Waals surface area contributed by atoms with Gasteiger partial charge in [-0.05, 0) is 37.1 Å². The number of rotatable bonds is 7. The Hall–Kier alpha value is -2.69. The summed E-state index contributed by atoms with van der Waals surface area (Å²) in [5.41, 5.74) is 1.33. The molecule has 5 heteroatoms. The Balaban J connectivity index is 2.08. The van der Waals surface area contributed by atoms with Gasteiger partial charge in [-0.25, -0.2) is 0 Å². The molecule has 0 aliphatic carbocycles. The van der Waals surface area contributed by atoms with Crippen LogP contribution in [0.25, 0.3) is 0 Å². The van der Waals surface area contributed by atoms with Crippen molar-refractivity contribution >= 4 is 11.8 Å². The van der Waals surface area contributed by atoms with Crippen molar-refractivity contribution in [3.05, 3.63) is 66.0 Å². The lowest BCUT2D eigenvalue weighted by Crippen LogP contribution is -2.50. The van der Waals surface area contributed by atoms with E-state index in [0.29, 0.717) is 5.56 Å². The van der Waals surface area contributed by atoms with Crippen LogP contribution in [0.15, 0.2) is 54.7 Å². The monoisotopic (exact) mass is 339 g/mol.